The smallest absolute Gasteiger partial charge is 0.225 e. The highest BCUT2D eigenvalue weighted by atomic mass is 16.2. The Hall–Kier alpha value is -3.29. The molecular formula is C24H29N7O. The Bertz CT molecular complexity index is 1020. The highest BCUT2D eigenvalue weighted by Crippen LogP contribution is 2.29. The molecule has 1 unspecified atom stereocenters. The van der Waals surface area contributed by atoms with Gasteiger partial charge in [-0.3, -0.25) is 4.79 Å². The topological polar surface area (TPSA) is 88.8 Å². The van der Waals surface area contributed by atoms with E-state index in [-0.39, 0.29) is 23.9 Å². The van der Waals surface area contributed by atoms with Gasteiger partial charge in [-0.05, 0) is 55.9 Å². The van der Waals surface area contributed by atoms with Crippen molar-refractivity contribution in [3.63, 3.8) is 0 Å². The van der Waals surface area contributed by atoms with Crippen LogP contribution in [-0.4, -0.2) is 50.2 Å². The minimum atomic E-state index is 0.0221. The zero-order valence-corrected chi connectivity index (χ0v) is 18.2. The van der Waals surface area contributed by atoms with Crippen LogP contribution in [0.25, 0.3) is 11.4 Å². The molecule has 1 aliphatic heterocycles. The lowest BCUT2D eigenvalue weighted by Gasteiger charge is -2.34. The summed E-state index contributed by atoms with van der Waals surface area (Å²) in [7, 11) is 0. The van der Waals surface area contributed by atoms with Gasteiger partial charge in [0.2, 0.25) is 11.7 Å². The SMILES string of the molecule is O=C(NC1CCC(n2nnc(-c3ccccc3)n2)CC1)C1CCCN(c2ccccn2)C1. The Morgan fingerprint density at radius 3 is 2.56 bits per heavy atom. The number of amides is 1. The van der Waals surface area contributed by atoms with Gasteiger partial charge in [0.25, 0.3) is 0 Å². The summed E-state index contributed by atoms with van der Waals surface area (Å²) in [6.07, 6.45) is 7.54. The molecule has 32 heavy (non-hydrogen) atoms. The van der Waals surface area contributed by atoms with Crippen molar-refractivity contribution >= 4 is 11.7 Å². The molecule has 3 aromatic rings. The van der Waals surface area contributed by atoms with Crippen LogP contribution in [0.3, 0.4) is 0 Å². The number of tetrazole rings is 1. The third kappa shape index (κ3) is 4.64. The molecule has 0 spiro atoms. The van der Waals surface area contributed by atoms with E-state index in [4.69, 9.17) is 0 Å². The van der Waals surface area contributed by atoms with Crippen molar-refractivity contribution in [2.75, 3.05) is 18.0 Å². The van der Waals surface area contributed by atoms with Gasteiger partial charge in [-0.1, -0.05) is 36.4 Å². The molecule has 1 saturated carbocycles. The molecular weight excluding hydrogens is 402 g/mol. The number of hydrogen-bond acceptors (Lipinski definition) is 6. The molecule has 2 aromatic heterocycles. The summed E-state index contributed by atoms with van der Waals surface area (Å²) in [4.78, 5) is 21.4. The third-order valence-electron chi connectivity index (χ3n) is 6.60. The largest absolute Gasteiger partial charge is 0.356 e. The van der Waals surface area contributed by atoms with Crippen molar-refractivity contribution in [2.24, 2.45) is 5.92 Å². The van der Waals surface area contributed by atoms with Gasteiger partial charge >= 0.3 is 0 Å². The molecule has 1 aromatic carbocycles. The number of anilines is 1. The van der Waals surface area contributed by atoms with Crippen LogP contribution in [-0.2, 0) is 4.79 Å². The summed E-state index contributed by atoms with van der Waals surface area (Å²) in [6, 6.07) is 16.3. The average molecular weight is 432 g/mol. The first-order chi connectivity index (χ1) is 15.8. The normalized spacial score (nSPS) is 23.6. The predicted molar refractivity (Wildman–Crippen MR) is 122 cm³/mol. The molecule has 1 amide bonds. The maximum atomic E-state index is 13.0. The second-order valence-corrected chi connectivity index (χ2v) is 8.79. The van der Waals surface area contributed by atoms with Crippen LogP contribution in [0, 0.1) is 5.92 Å². The monoisotopic (exact) mass is 431 g/mol. The molecule has 2 fully saturated rings. The van der Waals surface area contributed by atoms with Gasteiger partial charge in [0.1, 0.15) is 5.82 Å². The highest BCUT2D eigenvalue weighted by Gasteiger charge is 2.30. The zero-order valence-electron chi connectivity index (χ0n) is 18.2. The summed E-state index contributed by atoms with van der Waals surface area (Å²) >= 11 is 0. The van der Waals surface area contributed by atoms with Crippen LogP contribution >= 0.6 is 0 Å². The molecule has 1 N–H and O–H groups in total. The molecule has 1 saturated heterocycles. The second kappa shape index (κ2) is 9.46. The third-order valence-corrected chi connectivity index (χ3v) is 6.60. The second-order valence-electron chi connectivity index (χ2n) is 8.79. The Balaban J connectivity index is 1.13. The van der Waals surface area contributed by atoms with E-state index < -0.39 is 0 Å². The van der Waals surface area contributed by atoms with Gasteiger partial charge in [-0.15, -0.1) is 10.2 Å². The summed E-state index contributed by atoms with van der Waals surface area (Å²) < 4.78 is 0. The number of hydrogen-bond donors (Lipinski definition) is 1. The van der Waals surface area contributed by atoms with E-state index in [9.17, 15) is 4.79 Å². The number of aromatic nitrogens is 5. The highest BCUT2D eigenvalue weighted by molar-refractivity contribution is 5.79. The van der Waals surface area contributed by atoms with E-state index in [1.807, 2.05) is 54.7 Å². The van der Waals surface area contributed by atoms with Crippen molar-refractivity contribution in [1.29, 1.82) is 0 Å². The van der Waals surface area contributed by atoms with E-state index in [1.165, 1.54) is 0 Å². The lowest BCUT2D eigenvalue weighted by Crippen LogP contribution is -2.47. The van der Waals surface area contributed by atoms with Crippen LogP contribution in [0.5, 0.6) is 0 Å². The van der Waals surface area contributed by atoms with Crippen LogP contribution in [0.1, 0.15) is 44.6 Å². The van der Waals surface area contributed by atoms with Gasteiger partial charge in [-0.2, -0.15) is 4.80 Å². The number of pyridine rings is 1. The number of benzene rings is 1. The van der Waals surface area contributed by atoms with Crippen LogP contribution < -0.4 is 10.2 Å². The molecule has 3 heterocycles. The number of piperidine rings is 1. The number of carbonyl (C=O) groups is 1. The Labute approximate surface area is 188 Å². The van der Waals surface area contributed by atoms with E-state index >= 15 is 0 Å². The summed E-state index contributed by atoms with van der Waals surface area (Å²) in [5.74, 6) is 1.82. The fraction of sp³-hybridized carbons (Fsp3) is 0.458. The molecule has 2 aliphatic rings. The summed E-state index contributed by atoms with van der Waals surface area (Å²) in [6.45, 7) is 1.70. The van der Waals surface area contributed by atoms with Crippen molar-refractivity contribution in [1.82, 2.24) is 30.5 Å². The number of nitrogens with one attached hydrogen (secondary N) is 1. The number of rotatable bonds is 5. The number of nitrogens with zero attached hydrogens (tertiary/aromatic N) is 6. The van der Waals surface area contributed by atoms with Crippen LogP contribution in [0.15, 0.2) is 54.7 Å². The molecule has 166 valence electrons. The maximum Gasteiger partial charge on any atom is 0.225 e. The Morgan fingerprint density at radius 1 is 0.969 bits per heavy atom. The molecule has 8 nitrogen and oxygen atoms in total. The van der Waals surface area contributed by atoms with Crippen molar-refractivity contribution in [3.05, 3.63) is 54.7 Å². The Morgan fingerprint density at radius 2 is 1.78 bits per heavy atom. The van der Waals surface area contributed by atoms with Gasteiger partial charge in [-0.25, -0.2) is 4.98 Å². The first-order valence-electron chi connectivity index (χ1n) is 11.6. The quantitative estimate of drug-likeness (QED) is 0.667. The maximum absolute atomic E-state index is 13.0. The van der Waals surface area contributed by atoms with E-state index in [0.717, 1.165) is 63.0 Å². The lowest BCUT2D eigenvalue weighted by molar-refractivity contribution is -0.126. The average Bonchev–Trinajstić information content (AvgIpc) is 3.36. The van der Waals surface area contributed by atoms with E-state index in [0.29, 0.717) is 5.82 Å². The van der Waals surface area contributed by atoms with Crippen LogP contribution in [0.4, 0.5) is 5.82 Å². The van der Waals surface area contributed by atoms with Crippen molar-refractivity contribution < 1.29 is 4.79 Å². The van der Waals surface area contributed by atoms with Crippen molar-refractivity contribution in [2.45, 2.75) is 50.6 Å². The van der Waals surface area contributed by atoms with Crippen molar-refractivity contribution in [3.8, 4) is 11.4 Å². The standard InChI is InChI=1S/C24H29N7O/c32-24(19-9-6-16-30(17-19)22-10-4-5-15-25-22)26-20-11-13-21(14-12-20)31-28-23(27-29-31)18-7-2-1-3-8-18/h1-5,7-8,10,15,19-21H,6,9,11-14,16-17H2,(H,26,32). The summed E-state index contributed by atoms with van der Waals surface area (Å²) in [5, 5.41) is 16.4. The van der Waals surface area contributed by atoms with E-state index in [2.05, 4.69) is 30.6 Å². The molecule has 1 atom stereocenters. The Kier molecular flexibility index (Phi) is 6.09. The van der Waals surface area contributed by atoms with Gasteiger partial charge in [0.15, 0.2) is 0 Å². The molecule has 8 heteroatoms. The predicted octanol–water partition coefficient (Wildman–Crippen LogP) is 3.25. The fourth-order valence-electron chi connectivity index (χ4n) is 4.79. The minimum Gasteiger partial charge on any atom is -0.356 e. The molecule has 0 radical (unpaired) electrons. The van der Waals surface area contributed by atoms with Gasteiger partial charge in [0, 0.05) is 30.9 Å². The van der Waals surface area contributed by atoms with Gasteiger partial charge < -0.3 is 10.2 Å². The minimum absolute atomic E-state index is 0.0221. The zero-order chi connectivity index (χ0) is 21.8. The lowest BCUT2D eigenvalue weighted by atomic mass is 9.90. The molecule has 0 bridgehead atoms. The first-order valence-corrected chi connectivity index (χ1v) is 11.6. The fourth-order valence-corrected chi connectivity index (χ4v) is 4.79. The molecule has 5 rings (SSSR count). The van der Waals surface area contributed by atoms with Crippen LogP contribution in [0.2, 0.25) is 0 Å². The van der Waals surface area contributed by atoms with E-state index in [1.54, 1.807) is 4.80 Å². The number of carbonyl (C=O) groups excluding carboxylic acids is 1. The van der Waals surface area contributed by atoms with Gasteiger partial charge in [0.05, 0.1) is 12.0 Å². The summed E-state index contributed by atoms with van der Waals surface area (Å²) in [5.41, 5.74) is 0.979. The molecule has 1 aliphatic carbocycles. The first kappa shape index (κ1) is 20.6.